The first kappa shape index (κ1) is 13.8. The number of hydrogen-bond donors (Lipinski definition) is 1. The third-order valence-corrected chi connectivity index (χ3v) is 6.40. The van der Waals surface area contributed by atoms with Gasteiger partial charge in [0.25, 0.3) is 0 Å². The van der Waals surface area contributed by atoms with E-state index in [-0.39, 0.29) is 5.75 Å². The van der Waals surface area contributed by atoms with Crippen molar-refractivity contribution in [3.8, 4) is 0 Å². The van der Waals surface area contributed by atoms with E-state index in [0.717, 1.165) is 19.5 Å². The SMILES string of the molecule is O=S(=O)(CCNC1CC1)N1CCN2CCCCC2C1. The predicted molar refractivity (Wildman–Crippen MR) is 75.6 cm³/mol. The highest BCUT2D eigenvalue weighted by Crippen LogP contribution is 2.23. The van der Waals surface area contributed by atoms with Gasteiger partial charge in [-0.2, -0.15) is 4.31 Å². The summed E-state index contributed by atoms with van der Waals surface area (Å²) >= 11 is 0. The molecule has 1 aliphatic carbocycles. The van der Waals surface area contributed by atoms with Crippen molar-refractivity contribution in [3.05, 3.63) is 0 Å². The number of piperidine rings is 1. The van der Waals surface area contributed by atoms with E-state index in [1.165, 1.54) is 25.7 Å². The highest BCUT2D eigenvalue weighted by atomic mass is 32.2. The minimum atomic E-state index is -3.06. The minimum Gasteiger partial charge on any atom is -0.313 e. The molecule has 1 saturated carbocycles. The van der Waals surface area contributed by atoms with Crippen LogP contribution in [0.15, 0.2) is 0 Å². The Morgan fingerprint density at radius 1 is 1.05 bits per heavy atom. The van der Waals surface area contributed by atoms with Crippen LogP contribution >= 0.6 is 0 Å². The summed E-state index contributed by atoms with van der Waals surface area (Å²) in [6.45, 7) is 4.08. The van der Waals surface area contributed by atoms with Gasteiger partial charge >= 0.3 is 0 Å². The van der Waals surface area contributed by atoms with Crippen molar-refractivity contribution < 1.29 is 8.42 Å². The molecule has 1 unspecified atom stereocenters. The predicted octanol–water partition coefficient (Wildman–Crippen LogP) is 0.238. The van der Waals surface area contributed by atoms with E-state index in [2.05, 4.69) is 10.2 Å². The van der Waals surface area contributed by atoms with Gasteiger partial charge in [-0.1, -0.05) is 6.42 Å². The van der Waals surface area contributed by atoms with Crippen molar-refractivity contribution in [1.29, 1.82) is 0 Å². The molecule has 0 aromatic carbocycles. The molecule has 0 bridgehead atoms. The quantitative estimate of drug-likeness (QED) is 0.787. The molecule has 0 amide bonds. The molecule has 0 spiro atoms. The molecule has 19 heavy (non-hydrogen) atoms. The van der Waals surface area contributed by atoms with Crippen molar-refractivity contribution in [2.45, 2.75) is 44.2 Å². The fourth-order valence-electron chi connectivity index (χ4n) is 3.19. The van der Waals surface area contributed by atoms with Crippen LogP contribution in [0.5, 0.6) is 0 Å². The lowest BCUT2D eigenvalue weighted by Crippen LogP contribution is -2.56. The zero-order chi connectivity index (χ0) is 13.3. The van der Waals surface area contributed by atoms with Crippen LogP contribution in [-0.2, 0) is 10.0 Å². The summed E-state index contributed by atoms with van der Waals surface area (Å²) in [5, 5.41) is 3.29. The Kier molecular flexibility index (Phi) is 4.12. The number of piperazine rings is 1. The molecule has 5 nitrogen and oxygen atoms in total. The van der Waals surface area contributed by atoms with Gasteiger partial charge < -0.3 is 5.32 Å². The van der Waals surface area contributed by atoms with Crippen molar-refractivity contribution in [2.24, 2.45) is 0 Å². The summed E-state index contributed by atoms with van der Waals surface area (Å²) in [7, 11) is -3.06. The molecule has 0 aromatic rings. The first-order valence-corrected chi connectivity index (χ1v) is 9.21. The van der Waals surface area contributed by atoms with Crippen LogP contribution in [0.1, 0.15) is 32.1 Å². The third kappa shape index (κ3) is 3.48. The minimum absolute atomic E-state index is 0.260. The zero-order valence-electron chi connectivity index (χ0n) is 11.6. The average Bonchev–Trinajstić information content (AvgIpc) is 3.22. The summed E-state index contributed by atoms with van der Waals surface area (Å²) < 4.78 is 26.4. The Bertz CT molecular complexity index is 408. The maximum absolute atomic E-state index is 12.3. The second-order valence-corrected chi connectivity index (χ2v) is 8.18. The van der Waals surface area contributed by atoms with Gasteiger partial charge in [-0.15, -0.1) is 0 Å². The van der Waals surface area contributed by atoms with Crippen molar-refractivity contribution in [3.63, 3.8) is 0 Å². The van der Waals surface area contributed by atoms with Crippen LogP contribution < -0.4 is 5.32 Å². The number of rotatable bonds is 5. The molecule has 2 aliphatic heterocycles. The van der Waals surface area contributed by atoms with Gasteiger partial charge in [-0.05, 0) is 32.2 Å². The summed E-state index contributed by atoms with van der Waals surface area (Å²) in [5.74, 6) is 0.260. The Morgan fingerprint density at radius 2 is 1.89 bits per heavy atom. The van der Waals surface area contributed by atoms with Crippen LogP contribution in [0, 0.1) is 0 Å². The zero-order valence-corrected chi connectivity index (χ0v) is 12.4. The number of fused-ring (bicyclic) bond motifs is 1. The van der Waals surface area contributed by atoms with Crippen molar-refractivity contribution >= 4 is 10.0 Å². The van der Waals surface area contributed by atoms with E-state index in [1.54, 1.807) is 4.31 Å². The second-order valence-electron chi connectivity index (χ2n) is 6.09. The van der Waals surface area contributed by atoms with Crippen molar-refractivity contribution in [1.82, 2.24) is 14.5 Å². The van der Waals surface area contributed by atoms with Crippen LogP contribution in [0.3, 0.4) is 0 Å². The molecule has 3 rings (SSSR count). The van der Waals surface area contributed by atoms with E-state index in [9.17, 15) is 8.42 Å². The Hall–Kier alpha value is -0.170. The van der Waals surface area contributed by atoms with E-state index in [4.69, 9.17) is 0 Å². The lowest BCUT2D eigenvalue weighted by molar-refractivity contribution is 0.0852. The van der Waals surface area contributed by atoms with Gasteiger partial charge in [0.15, 0.2) is 0 Å². The Balaban J connectivity index is 1.52. The highest BCUT2D eigenvalue weighted by Gasteiger charge is 2.34. The monoisotopic (exact) mass is 287 g/mol. The molecule has 110 valence electrons. The maximum atomic E-state index is 12.3. The van der Waals surface area contributed by atoms with Gasteiger partial charge in [-0.3, -0.25) is 4.90 Å². The molecule has 2 saturated heterocycles. The largest absolute Gasteiger partial charge is 0.313 e. The fraction of sp³-hybridized carbons (Fsp3) is 1.00. The molecule has 2 heterocycles. The molecule has 0 aromatic heterocycles. The van der Waals surface area contributed by atoms with Gasteiger partial charge in [0.2, 0.25) is 10.0 Å². The smallest absolute Gasteiger partial charge is 0.215 e. The molecule has 1 N–H and O–H groups in total. The number of nitrogens with zero attached hydrogens (tertiary/aromatic N) is 2. The average molecular weight is 287 g/mol. The number of sulfonamides is 1. The molecule has 1 atom stereocenters. The summed E-state index contributed by atoms with van der Waals surface area (Å²) in [5.41, 5.74) is 0. The normalized spacial score (nSPS) is 30.2. The lowest BCUT2D eigenvalue weighted by atomic mass is 10.0. The summed E-state index contributed by atoms with van der Waals surface area (Å²) in [6, 6.07) is 1.05. The van der Waals surface area contributed by atoms with Gasteiger partial charge in [-0.25, -0.2) is 8.42 Å². The first-order chi connectivity index (χ1) is 9.15. The van der Waals surface area contributed by atoms with Crippen LogP contribution in [0.4, 0.5) is 0 Å². The van der Waals surface area contributed by atoms with E-state index in [1.807, 2.05) is 0 Å². The van der Waals surface area contributed by atoms with Crippen LogP contribution in [0.2, 0.25) is 0 Å². The van der Waals surface area contributed by atoms with Crippen LogP contribution in [0.25, 0.3) is 0 Å². The number of nitrogens with one attached hydrogen (secondary N) is 1. The summed E-state index contributed by atoms with van der Waals surface area (Å²) in [6.07, 6.45) is 6.10. The number of hydrogen-bond acceptors (Lipinski definition) is 4. The fourth-order valence-corrected chi connectivity index (χ4v) is 4.58. The second kappa shape index (κ2) is 5.68. The highest BCUT2D eigenvalue weighted by molar-refractivity contribution is 7.89. The lowest BCUT2D eigenvalue weighted by Gasteiger charge is -2.43. The van der Waals surface area contributed by atoms with E-state index < -0.39 is 10.0 Å². The molecule has 3 fully saturated rings. The molecular weight excluding hydrogens is 262 g/mol. The van der Waals surface area contributed by atoms with Gasteiger partial charge in [0.05, 0.1) is 5.75 Å². The van der Waals surface area contributed by atoms with Crippen LogP contribution in [-0.4, -0.2) is 68.2 Å². The van der Waals surface area contributed by atoms with E-state index >= 15 is 0 Å². The molecular formula is C13H25N3O2S. The van der Waals surface area contributed by atoms with E-state index in [0.29, 0.717) is 31.7 Å². The molecule has 6 heteroatoms. The summed E-state index contributed by atoms with van der Waals surface area (Å²) in [4.78, 5) is 2.47. The van der Waals surface area contributed by atoms with Gasteiger partial charge in [0, 0.05) is 38.3 Å². The third-order valence-electron chi connectivity index (χ3n) is 4.56. The standard InChI is InChI=1S/C13H25N3O2S/c17-19(18,10-6-14-12-4-5-12)16-9-8-15-7-2-1-3-13(15)11-16/h12-14H,1-11H2. The van der Waals surface area contributed by atoms with Crippen molar-refractivity contribution in [2.75, 3.05) is 38.5 Å². The Labute approximate surface area is 116 Å². The Morgan fingerprint density at radius 3 is 2.68 bits per heavy atom. The molecule has 0 radical (unpaired) electrons. The molecule has 3 aliphatic rings. The topological polar surface area (TPSA) is 52.7 Å². The maximum Gasteiger partial charge on any atom is 0.215 e. The first-order valence-electron chi connectivity index (χ1n) is 7.60. The van der Waals surface area contributed by atoms with Gasteiger partial charge in [0.1, 0.15) is 0 Å².